The monoisotopic (exact) mass is 287 g/mol. The summed E-state index contributed by atoms with van der Waals surface area (Å²) in [5, 5.41) is 0.391. The molecule has 0 saturated carbocycles. The van der Waals surface area contributed by atoms with Crippen LogP contribution in [0.5, 0.6) is 0 Å². The van der Waals surface area contributed by atoms with E-state index in [4.69, 9.17) is 11.6 Å². The maximum Gasteiger partial charge on any atom is 0.173 e. The fraction of sp³-hybridized carbons (Fsp3) is 0.188. The number of ketones is 2. The van der Waals surface area contributed by atoms with Crippen molar-refractivity contribution in [1.82, 2.24) is 4.98 Å². The molecule has 0 radical (unpaired) electrons. The number of carbonyl (C=O) groups is 2. The average molecular weight is 288 g/mol. The molecule has 0 spiro atoms. The number of pyridine rings is 1. The van der Waals surface area contributed by atoms with Crippen molar-refractivity contribution in [3.63, 3.8) is 0 Å². The zero-order chi connectivity index (χ0) is 14.5. The molecule has 102 valence electrons. The molecule has 20 heavy (non-hydrogen) atoms. The molecule has 3 nitrogen and oxygen atoms in total. The molecule has 2 rings (SSSR count). The predicted octanol–water partition coefficient (Wildman–Crippen LogP) is 3.37. The van der Waals surface area contributed by atoms with Gasteiger partial charge in [-0.1, -0.05) is 48.0 Å². The van der Waals surface area contributed by atoms with E-state index in [1.807, 2.05) is 6.07 Å². The van der Waals surface area contributed by atoms with E-state index in [-0.39, 0.29) is 11.6 Å². The Kier molecular flexibility index (Phi) is 4.64. The Hall–Kier alpha value is -2.00. The molecule has 0 aliphatic heterocycles. The molecule has 0 bridgehead atoms. The van der Waals surface area contributed by atoms with Gasteiger partial charge in [0.25, 0.3) is 0 Å². The Morgan fingerprint density at radius 1 is 1.15 bits per heavy atom. The smallest absolute Gasteiger partial charge is 0.173 e. The van der Waals surface area contributed by atoms with Gasteiger partial charge in [0, 0.05) is 11.8 Å². The fourth-order valence-corrected chi connectivity index (χ4v) is 2.10. The van der Waals surface area contributed by atoms with E-state index in [2.05, 4.69) is 4.98 Å². The van der Waals surface area contributed by atoms with Crippen molar-refractivity contribution in [1.29, 1.82) is 0 Å². The lowest BCUT2D eigenvalue weighted by Gasteiger charge is -2.12. The Labute approximate surface area is 122 Å². The highest BCUT2D eigenvalue weighted by Gasteiger charge is 2.24. The van der Waals surface area contributed by atoms with Gasteiger partial charge in [-0.15, -0.1) is 0 Å². The van der Waals surface area contributed by atoms with Gasteiger partial charge in [-0.25, -0.2) is 4.98 Å². The number of carbonyl (C=O) groups excluding carboxylic acids is 2. The van der Waals surface area contributed by atoms with Crippen LogP contribution in [0.25, 0.3) is 0 Å². The summed E-state index contributed by atoms with van der Waals surface area (Å²) >= 11 is 5.72. The number of hydrogen-bond donors (Lipinski definition) is 0. The zero-order valence-corrected chi connectivity index (χ0v) is 11.8. The molecule has 1 heterocycles. The number of rotatable bonds is 5. The first-order chi connectivity index (χ1) is 9.58. The fourth-order valence-electron chi connectivity index (χ4n) is 1.99. The van der Waals surface area contributed by atoms with E-state index in [1.165, 1.54) is 6.92 Å². The minimum atomic E-state index is -0.680. The first-order valence-electron chi connectivity index (χ1n) is 6.28. The first-order valence-corrected chi connectivity index (χ1v) is 6.66. The standard InChI is InChI=1S/C16H14ClNO2/c1-11(19)14(9-12-7-8-15(17)18-10-12)16(20)13-5-3-2-4-6-13/h2-8,10,14H,9H2,1H3/t14-/m1/s1. The summed E-state index contributed by atoms with van der Waals surface area (Å²) in [6, 6.07) is 12.3. The second kappa shape index (κ2) is 6.44. The quantitative estimate of drug-likeness (QED) is 0.481. The molecule has 1 aromatic carbocycles. The molecule has 4 heteroatoms. The molecule has 0 N–H and O–H groups in total. The van der Waals surface area contributed by atoms with Gasteiger partial charge in [0.2, 0.25) is 0 Å². The molecular weight excluding hydrogens is 274 g/mol. The van der Waals surface area contributed by atoms with Crippen LogP contribution in [0, 0.1) is 5.92 Å². The lowest BCUT2D eigenvalue weighted by Crippen LogP contribution is -2.24. The highest BCUT2D eigenvalue weighted by molar-refractivity contribution is 6.29. The molecule has 0 saturated heterocycles. The van der Waals surface area contributed by atoms with Crippen LogP contribution in [0.1, 0.15) is 22.8 Å². The largest absolute Gasteiger partial charge is 0.299 e. The van der Waals surface area contributed by atoms with Crippen molar-refractivity contribution in [3.8, 4) is 0 Å². The van der Waals surface area contributed by atoms with Crippen LogP contribution in [0.4, 0.5) is 0 Å². The Balaban J connectivity index is 2.21. The number of benzene rings is 1. The van der Waals surface area contributed by atoms with Crippen LogP contribution in [-0.2, 0) is 11.2 Å². The van der Waals surface area contributed by atoms with E-state index < -0.39 is 5.92 Å². The van der Waals surface area contributed by atoms with Gasteiger partial charge in [0.15, 0.2) is 5.78 Å². The number of Topliss-reactive ketones (excluding diaryl/α,β-unsaturated/α-hetero) is 2. The zero-order valence-electron chi connectivity index (χ0n) is 11.0. The van der Waals surface area contributed by atoms with Crippen molar-refractivity contribution in [2.75, 3.05) is 0 Å². The maximum absolute atomic E-state index is 12.4. The number of nitrogens with zero attached hydrogens (tertiary/aromatic N) is 1. The molecule has 0 fully saturated rings. The normalized spacial score (nSPS) is 11.9. The third-order valence-corrected chi connectivity index (χ3v) is 3.32. The van der Waals surface area contributed by atoms with Gasteiger partial charge >= 0.3 is 0 Å². The van der Waals surface area contributed by atoms with E-state index in [0.29, 0.717) is 17.1 Å². The molecule has 0 aliphatic rings. The van der Waals surface area contributed by atoms with Gasteiger partial charge in [0.1, 0.15) is 10.9 Å². The maximum atomic E-state index is 12.4. The predicted molar refractivity (Wildman–Crippen MR) is 77.9 cm³/mol. The van der Waals surface area contributed by atoms with E-state index in [1.54, 1.807) is 42.6 Å². The number of hydrogen-bond acceptors (Lipinski definition) is 3. The number of aromatic nitrogens is 1. The summed E-state index contributed by atoms with van der Waals surface area (Å²) in [4.78, 5) is 28.1. The van der Waals surface area contributed by atoms with Crippen LogP contribution in [-0.4, -0.2) is 16.6 Å². The average Bonchev–Trinajstić information content (AvgIpc) is 2.46. The van der Waals surface area contributed by atoms with Crippen LogP contribution in [0.15, 0.2) is 48.7 Å². The summed E-state index contributed by atoms with van der Waals surface area (Å²) in [5.41, 5.74) is 1.37. The topological polar surface area (TPSA) is 47.0 Å². The molecule has 0 unspecified atom stereocenters. The van der Waals surface area contributed by atoms with Gasteiger partial charge in [-0.2, -0.15) is 0 Å². The van der Waals surface area contributed by atoms with E-state index in [9.17, 15) is 9.59 Å². The molecule has 2 aromatic rings. The third kappa shape index (κ3) is 3.52. The summed E-state index contributed by atoms with van der Waals surface area (Å²) < 4.78 is 0. The second-order valence-electron chi connectivity index (χ2n) is 4.59. The van der Waals surface area contributed by atoms with Gasteiger partial charge in [-0.3, -0.25) is 9.59 Å². The molecule has 0 aliphatic carbocycles. The highest BCUT2D eigenvalue weighted by atomic mass is 35.5. The van der Waals surface area contributed by atoms with Crippen molar-refractivity contribution in [2.24, 2.45) is 5.92 Å². The van der Waals surface area contributed by atoms with Crippen LogP contribution in [0.3, 0.4) is 0 Å². The van der Waals surface area contributed by atoms with E-state index >= 15 is 0 Å². The molecule has 1 aromatic heterocycles. The minimum absolute atomic E-state index is 0.145. The van der Waals surface area contributed by atoms with Crippen molar-refractivity contribution in [3.05, 3.63) is 64.9 Å². The van der Waals surface area contributed by atoms with Crippen LogP contribution in [0.2, 0.25) is 5.15 Å². The Bertz CT molecular complexity index is 608. The minimum Gasteiger partial charge on any atom is -0.299 e. The summed E-state index contributed by atoms with van der Waals surface area (Å²) in [7, 11) is 0. The molecule has 0 amide bonds. The Morgan fingerprint density at radius 3 is 2.40 bits per heavy atom. The van der Waals surface area contributed by atoms with E-state index in [0.717, 1.165) is 5.56 Å². The summed E-state index contributed by atoms with van der Waals surface area (Å²) in [6.07, 6.45) is 1.93. The summed E-state index contributed by atoms with van der Waals surface area (Å²) in [6.45, 7) is 1.44. The lowest BCUT2D eigenvalue weighted by molar-refractivity contribution is -0.119. The molecule has 1 atom stereocenters. The van der Waals surface area contributed by atoms with Crippen molar-refractivity contribution < 1.29 is 9.59 Å². The first kappa shape index (κ1) is 14.4. The number of halogens is 1. The van der Waals surface area contributed by atoms with Crippen LogP contribution < -0.4 is 0 Å². The third-order valence-electron chi connectivity index (χ3n) is 3.09. The SMILES string of the molecule is CC(=O)[C@@H](Cc1ccc(Cl)nc1)C(=O)c1ccccc1. The van der Waals surface area contributed by atoms with Gasteiger partial charge in [-0.05, 0) is 25.0 Å². The highest BCUT2D eigenvalue weighted by Crippen LogP contribution is 2.16. The Morgan fingerprint density at radius 2 is 1.85 bits per heavy atom. The van der Waals surface area contributed by atoms with Crippen molar-refractivity contribution >= 4 is 23.2 Å². The van der Waals surface area contributed by atoms with Crippen LogP contribution >= 0.6 is 11.6 Å². The summed E-state index contributed by atoms with van der Waals surface area (Å²) in [5.74, 6) is -0.984. The van der Waals surface area contributed by atoms with Gasteiger partial charge < -0.3 is 0 Å². The molecular formula is C16H14ClNO2. The van der Waals surface area contributed by atoms with Crippen molar-refractivity contribution in [2.45, 2.75) is 13.3 Å². The lowest BCUT2D eigenvalue weighted by atomic mass is 9.89. The van der Waals surface area contributed by atoms with Gasteiger partial charge in [0.05, 0.1) is 5.92 Å². The second-order valence-corrected chi connectivity index (χ2v) is 4.97.